The Labute approximate surface area is 91.0 Å². The number of esters is 1. The summed E-state index contributed by atoms with van der Waals surface area (Å²) in [4.78, 5) is 11.3. The highest BCUT2D eigenvalue weighted by Gasteiger charge is 2.16. The minimum atomic E-state index is -0.139. The van der Waals surface area contributed by atoms with Crippen molar-refractivity contribution in [3.8, 4) is 0 Å². The molecule has 3 nitrogen and oxygen atoms in total. The van der Waals surface area contributed by atoms with Gasteiger partial charge in [0.05, 0.1) is 7.11 Å². The highest BCUT2D eigenvalue weighted by atomic mass is 32.2. The molecule has 0 aromatic carbocycles. The summed E-state index contributed by atoms with van der Waals surface area (Å²) in [6.45, 7) is 2.96. The Kier molecular flexibility index (Phi) is 9.19. The van der Waals surface area contributed by atoms with Gasteiger partial charge in [0.2, 0.25) is 0 Å². The summed E-state index contributed by atoms with van der Waals surface area (Å²) in [6.07, 6.45) is 5.04. The van der Waals surface area contributed by atoms with E-state index in [-0.39, 0.29) is 12.0 Å². The van der Waals surface area contributed by atoms with Gasteiger partial charge in [0, 0.05) is 0 Å². The van der Waals surface area contributed by atoms with E-state index in [9.17, 15) is 4.79 Å². The van der Waals surface area contributed by atoms with Crippen molar-refractivity contribution in [3.63, 3.8) is 0 Å². The molecule has 0 radical (unpaired) electrons. The maximum absolute atomic E-state index is 11.3. The first-order valence-electron chi connectivity index (χ1n) is 5.06. The number of carbonyl (C=O) groups is 1. The van der Waals surface area contributed by atoms with E-state index in [1.54, 1.807) is 11.8 Å². The fourth-order valence-electron chi connectivity index (χ4n) is 1.20. The molecular weight excluding hydrogens is 198 g/mol. The number of thioether (sulfide) groups is 1. The fourth-order valence-corrected chi connectivity index (χ4v) is 1.65. The van der Waals surface area contributed by atoms with Crippen molar-refractivity contribution >= 4 is 17.7 Å². The second kappa shape index (κ2) is 9.34. The van der Waals surface area contributed by atoms with E-state index in [0.717, 1.165) is 31.6 Å². The first-order chi connectivity index (χ1) is 6.76. The summed E-state index contributed by atoms with van der Waals surface area (Å²) in [6, 6.07) is -0.118. The highest BCUT2D eigenvalue weighted by Crippen LogP contribution is 2.04. The third kappa shape index (κ3) is 6.27. The first kappa shape index (κ1) is 13.8. The second-order valence-electron chi connectivity index (χ2n) is 3.16. The van der Waals surface area contributed by atoms with Crippen molar-refractivity contribution in [1.29, 1.82) is 0 Å². The lowest BCUT2D eigenvalue weighted by Crippen LogP contribution is -2.38. The molecule has 0 aliphatic rings. The van der Waals surface area contributed by atoms with Crippen molar-refractivity contribution in [3.05, 3.63) is 0 Å². The number of rotatable bonds is 8. The SMILES string of the molecule is CCCNC(CCCSC)C(=O)OC. The van der Waals surface area contributed by atoms with E-state index in [1.165, 1.54) is 7.11 Å². The van der Waals surface area contributed by atoms with E-state index in [1.807, 2.05) is 0 Å². The van der Waals surface area contributed by atoms with Gasteiger partial charge in [-0.2, -0.15) is 11.8 Å². The zero-order valence-electron chi connectivity index (χ0n) is 9.34. The summed E-state index contributed by atoms with van der Waals surface area (Å²) in [5, 5.41) is 3.20. The Morgan fingerprint density at radius 2 is 2.29 bits per heavy atom. The molecule has 0 aliphatic carbocycles. The predicted molar refractivity (Wildman–Crippen MR) is 61.7 cm³/mol. The summed E-state index contributed by atoms with van der Waals surface area (Å²) in [5.41, 5.74) is 0. The molecule has 4 heteroatoms. The number of nitrogens with one attached hydrogen (secondary N) is 1. The molecule has 1 unspecified atom stereocenters. The van der Waals surface area contributed by atoms with Crippen LogP contribution in [0, 0.1) is 0 Å². The molecule has 0 rings (SSSR count). The zero-order valence-corrected chi connectivity index (χ0v) is 10.2. The molecule has 0 fully saturated rings. The molecule has 0 saturated carbocycles. The van der Waals surface area contributed by atoms with Crippen LogP contribution in [0.3, 0.4) is 0 Å². The van der Waals surface area contributed by atoms with Crippen LogP contribution in [0.5, 0.6) is 0 Å². The Hall–Kier alpha value is -0.220. The molecule has 84 valence electrons. The quantitative estimate of drug-likeness (QED) is 0.498. The minimum Gasteiger partial charge on any atom is -0.468 e. The monoisotopic (exact) mass is 219 g/mol. The molecule has 0 aromatic heterocycles. The molecule has 0 aromatic rings. The van der Waals surface area contributed by atoms with E-state index >= 15 is 0 Å². The van der Waals surface area contributed by atoms with Crippen LogP contribution in [0.2, 0.25) is 0 Å². The lowest BCUT2D eigenvalue weighted by Gasteiger charge is -2.15. The molecule has 14 heavy (non-hydrogen) atoms. The van der Waals surface area contributed by atoms with Crippen LogP contribution in [0.4, 0.5) is 0 Å². The smallest absolute Gasteiger partial charge is 0.322 e. The van der Waals surface area contributed by atoms with Crippen LogP contribution in [-0.4, -0.2) is 37.7 Å². The van der Waals surface area contributed by atoms with Crippen LogP contribution >= 0.6 is 11.8 Å². The molecule has 0 aliphatic heterocycles. The van der Waals surface area contributed by atoms with Crippen LogP contribution in [0.15, 0.2) is 0 Å². The zero-order chi connectivity index (χ0) is 10.8. The van der Waals surface area contributed by atoms with E-state index < -0.39 is 0 Å². The lowest BCUT2D eigenvalue weighted by atomic mass is 10.1. The number of hydrogen-bond acceptors (Lipinski definition) is 4. The Morgan fingerprint density at radius 3 is 2.79 bits per heavy atom. The van der Waals surface area contributed by atoms with Crippen molar-refractivity contribution in [1.82, 2.24) is 5.32 Å². The van der Waals surface area contributed by atoms with Crippen molar-refractivity contribution in [2.24, 2.45) is 0 Å². The fraction of sp³-hybridized carbons (Fsp3) is 0.900. The van der Waals surface area contributed by atoms with Gasteiger partial charge in [0.1, 0.15) is 6.04 Å². The summed E-state index contributed by atoms with van der Waals surface area (Å²) < 4.78 is 4.73. The normalized spacial score (nSPS) is 12.5. The molecule has 1 atom stereocenters. The van der Waals surface area contributed by atoms with Crippen LogP contribution in [-0.2, 0) is 9.53 Å². The van der Waals surface area contributed by atoms with Crippen LogP contribution in [0.25, 0.3) is 0 Å². The first-order valence-corrected chi connectivity index (χ1v) is 6.45. The Bertz CT molecular complexity index is 153. The van der Waals surface area contributed by atoms with Gasteiger partial charge in [0.25, 0.3) is 0 Å². The van der Waals surface area contributed by atoms with Gasteiger partial charge >= 0.3 is 5.97 Å². The molecular formula is C10H21NO2S. The molecule has 1 N–H and O–H groups in total. The highest BCUT2D eigenvalue weighted by molar-refractivity contribution is 7.98. The minimum absolute atomic E-state index is 0.118. The van der Waals surface area contributed by atoms with E-state index in [0.29, 0.717) is 0 Å². The summed E-state index contributed by atoms with van der Waals surface area (Å²) in [5.74, 6) is 0.959. The number of carbonyl (C=O) groups excluding carboxylic acids is 1. The van der Waals surface area contributed by atoms with Crippen molar-refractivity contribution < 1.29 is 9.53 Å². The van der Waals surface area contributed by atoms with Gasteiger partial charge < -0.3 is 10.1 Å². The maximum atomic E-state index is 11.3. The third-order valence-corrected chi connectivity index (χ3v) is 2.66. The lowest BCUT2D eigenvalue weighted by molar-refractivity contribution is -0.143. The average molecular weight is 219 g/mol. The number of methoxy groups -OCH3 is 1. The third-order valence-electron chi connectivity index (χ3n) is 1.97. The molecule has 0 spiro atoms. The van der Waals surface area contributed by atoms with E-state index in [2.05, 4.69) is 18.5 Å². The standard InChI is InChI=1S/C10H21NO2S/c1-4-7-11-9(10(12)13-2)6-5-8-14-3/h9,11H,4-8H2,1-3H3. The number of ether oxygens (including phenoxy) is 1. The maximum Gasteiger partial charge on any atom is 0.322 e. The van der Waals surface area contributed by atoms with Crippen molar-refractivity contribution in [2.45, 2.75) is 32.2 Å². The van der Waals surface area contributed by atoms with Crippen LogP contribution in [0.1, 0.15) is 26.2 Å². The summed E-state index contributed by atoms with van der Waals surface area (Å²) in [7, 11) is 1.44. The molecule has 0 amide bonds. The Morgan fingerprint density at radius 1 is 1.57 bits per heavy atom. The van der Waals surface area contributed by atoms with Gasteiger partial charge in [-0.1, -0.05) is 6.92 Å². The second-order valence-corrected chi connectivity index (χ2v) is 4.15. The van der Waals surface area contributed by atoms with Crippen molar-refractivity contribution in [2.75, 3.05) is 25.7 Å². The summed E-state index contributed by atoms with van der Waals surface area (Å²) >= 11 is 1.81. The largest absolute Gasteiger partial charge is 0.468 e. The molecule has 0 bridgehead atoms. The molecule has 0 heterocycles. The number of hydrogen-bond donors (Lipinski definition) is 1. The Balaban J connectivity index is 3.78. The van der Waals surface area contributed by atoms with E-state index in [4.69, 9.17) is 4.74 Å². The van der Waals surface area contributed by atoms with Gasteiger partial charge in [-0.15, -0.1) is 0 Å². The predicted octanol–water partition coefficient (Wildman–Crippen LogP) is 1.67. The topological polar surface area (TPSA) is 38.3 Å². The van der Waals surface area contributed by atoms with Gasteiger partial charge in [0.15, 0.2) is 0 Å². The average Bonchev–Trinajstić information content (AvgIpc) is 2.22. The molecule has 0 saturated heterocycles. The van der Waals surface area contributed by atoms with Gasteiger partial charge in [-0.3, -0.25) is 4.79 Å². The van der Waals surface area contributed by atoms with Gasteiger partial charge in [-0.05, 0) is 37.8 Å². The van der Waals surface area contributed by atoms with Crippen LogP contribution < -0.4 is 5.32 Å². The van der Waals surface area contributed by atoms with Gasteiger partial charge in [-0.25, -0.2) is 0 Å².